The molecule has 18 heavy (non-hydrogen) atoms. The van der Waals surface area contributed by atoms with Gasteiger partial charge in [-0.05, 0) is 18.2 Å². The number of carboxylic acid groups (broad SMARTS) is 1. The molecule has 3 rings (SSSR count). The quantitative estimate of drug-likeness (QED) is 0.741. The molecule has 0 aliphatic carbocycles. The molecule has 90 valence electrons. The molecule has 3 aromatic rings. The third-order valence-corrected chi connectivity index (χ3v) is 3.63. The molecule has 0 spiro atoms. The minimum absolute atomic E-state index is 0.133. The number of fused-ring (bicyclic) bond motifs is 1. The van der Waals surface area contributed by atoms with Crippen molar-refractivity contribution in [3.63, 3.8) is 0 Å². The van der Waals surface area contributed by atoms with E-state index in [1.54, 1.807) is 18.2 Å². The predicted molar refractivity (Wildman–Crippen MR) is 65.9 cm³/mol. The van der Waals surface area contributed by atoms with Crippen molar-refractivity contribution in [3.8, 4) is 16.4 Å². The maximum Gasteiger partial charge on any atom is 0.358 e. The number of phenols is 1. The van der Waals surface area contributed by atoms with Crippen LogP contribution in [0.1, 0.15) is 10.5 Å². The second-order valence-corrected chi connectivity index (χ2v) is 4.76. The summed E-state index contributed by atoms with van der Waals surface area (Å²) < 4.78 is 5.88. The Morgan fingerprint density at radius 2 is 2.17 bits per heavy atom. The van der Waals surface area contributed by atoms with Gasteiger partial charge in [0.25, 0.3) is 0 Å². The molecule has 2 N–H and O–H groups in total. The largest absolute Gasteiger partial charge is 0.507 e. The lowest BCUT2D eigenvalue weighted by molar-refractivity contribution is 0.0686. The number of hydrogen-bond donors (Lipinski definition) is 2. The van der Waals surface area contributed by atoms with Crippen molar-refractivity contribution in [2.75, 3.05) is 0 Å². The Morgan fingerprint density at radius 1 is 1.33 bits per heavy atom. The number of hydrogen-bond acceptors (Lipinski definition) is 5. The highest BCUT2D eigenvalue weighted by molar-refractivity contribution is 7.22. The van der Waals surface area contributed by atoms with E-state index in [1.165, 1.54) is 17.4 Å². The van der Waals surface area contributed by atoms with Crippen molar-refractivity contribution in [1.29, 1.82) is 0 Å². The molecule has 1 aromatic carbocycles. The topological polar surface area (TPSA) is 83.6 Å². The fourth-order valence-electron chi connectivity index (χ4n) is 1.66. The first kappa shape index (κ1) is 10.8. The van der Waals surface area contributed by atoms with Crippen LogP contribution in [-0.2, 0) is 0 Å². The summed E-state index contributed by atoms with van der Waals surface area (Å²) in [7, 11) is 0. The van der Waals surface area contributed by atoms with Crippen molar-refractivity contribution in [2.24, 2.45) is 0 Å². The van der Waals surface area contributed by atoms with Crippen molar-refractivity contribution < 1.29 is 19.5 Å². The Bertz CT molecular complexity index is 743. The lowest BCUT2D eigenvalue weighted by Crippen LogP contribution is -1.94. The van der Waals surface area contributed by atoms with Crippen LogP contribution in [0.15, 0.2) is 34.9 Å². The lowest BCUT2D eigenvalue weighted by atomic mass is 10.2. The van der Waals surface area contributed by atoms with Crippen molar-refractivity contribution in [3.05, 3.63) is 36.0 Å². The van der Waals surface area contributed by atoms with Crippen LogP contribution in [0, 0.1) is 0 Å². The molecule has 5 nitrogen and oxygen atoms in total. The third kappa shape index (κ3) is 1.63. The molecular formula is C12H7NO4S. The van der Waals surface area contributed by atoms with Gasteiger partial charge in [0.15, 0.2) is 11.5 Å². The monoisotopic (exact) mass is 261 g/mol. The molecule has 0 saturated carbocycles. The Labute approximate surface area is 105 Å². The fourth-order valence-corrected chi connectivity index (χ4v) is 2.69. The number of nitrogens with zero attached hydrogens (tertiary/aromatic N) is 1. The minimum Gasteiger partial charge on any atom is -0.507 e. The number of aromatic hydroxyl groups is 1. The van der Waals surface area contributed by atoms with E-state index in [9.17, 15) is 9.90 Å². The second kappa shape index (κ2) is 3.85. The molecule has 0 radical (unpaired) electrons. The average molecular weight is 261 g/mol. The smallest absolute Gasteiger partial charge is 0.358 e. The van der Waals surface area contributed by atoms with Crippen LogP contribution in [0.2, 0.25) is 0 Å². The highest BCUT2D eigenvalue weighted by Gasteiger charge is 2.15. The van der Waals surface area contributed by atoms with Crippen molar-refractivity contribution in [2.45, 2.75) is 0 Å². The fraction of sp³-hybridized carbons (Fsp3) is 0. The molecule has 2 aromatic heterocycles. The maximum atomic E-state index is 10.7. The number of carboxylic acids is 1. The standard InChI is InChI=1S/C12H7NO4S/c14-8-2-1-3-10-6(8)4-11(18-10)9-5-7(12(15)16)13-17-9/h1-5,14H,(H,15,16). The van der Waals surface area contributed by atoms with Gasteiger partial charge in [-0.1, -0.05) is 11.2 Å². The number of carbonyl (C=O) groups is 1. The van der Waals surface area contributed by atoms with Gasteiger partial charge in [-0.2, -0.15) is 0 Å². The van der Waals surface area contributed by atoms with Crippen LogP contribution in [0.3, 0.4) is 0 Å². The summed E-state index contributed by atoms with van der Waals surface area (Å²) in [4.78, 5) is 11.4. The summed E-state index contributed by atoms with van der Waals surface area (Å²) in [6.45, 7) is 0. The third-order valence-electron chi connectivity index (χ3n) is 2.51. The molecule has 2 heterocycles. The van der Waals surface area contributed by atoms with Gasteiger partial charge >= 0.3 is 5.97 Å². The molecule has 0 bridgehead atoms. The number of thiophene rings is 1. The number of aromatic carboxylic acids is 1. The molecule has 0 unspecified atom stereocenters. The molecule has 0 aliphatic rings. The first-order chi connectivity index (χ1) is 8.65. The van der Waals surface area contributed by atoms with Gasteiger partial charge in [-0.15, -0.1) is 11.3 Å². The number of aromatic nitrogens is 1. The van der Waals surface area contributed by atoms with Gasteiger partial charge in [0.1, 0.15) is 5.75 Å². The van der Waals surface area contributed by atoms with E-state index in [0.717, 1.165) is 9.58 Å². The highest BCUT2D eigenvalue weighted by atomic mass is 32.1. The molecule has 6 heteroatoms. The Kier molecular flexibility index (Phi) is 2.31. The van der Waals surface area contributed by atoms with Gasteiger partial charge in [0.05, 0.1) is 4.88 Å². The Morgan fingerprint density at radius 3 is 2.83 bits per heavy atom. The van der Waals surface area contributed by atoms with Crippen LogP contribution in [-0.4, -0.2) is 21.3 Å². The molecule has 0 fully saturated rings. The maximum absolute atomic E-state index is 10.7. The van der Waals surface area contributed by atoms with E-state index >= 15 is 0 Å². The summed E-state index contributed by atoms with van der Waals surface area (Å²) in [5.41, 5.74) is -0.133. The number of benzene rings is 1. The van der Waals surface area contributed by atoms with Crippen molar-refractivity contribution in [1.82, 2.24) is 5.16 Å². The van der Waals surface area contributed by atoms with E-state index < -0.39 is 5.97 Å². The second-order valence-electron chi connectivity index (χ2n) is 3.68. The van der Waals surface area contributed by atoms with E-state index in [2.05, 4.69) is 5.16 Å². The summed E-state index contributed by atoms with van der Waals surface area (Å²) in [5.74, 6) is -0.560. The van der Waals surface area contributed by atoms with Crippen LogP contribution < -0.4 is 0 Å². The van der Waals surface area contributed by atoms with E-state index in [-0.39, 0.29) is 11.4 Å². The van der Waals surface area contributed by atoms with Gasteiger partial charge < -0.3 is 14.7 Å². The summed E-state index contributed by atoms with van der Waals surface area (Å²) in [6.07, 6.45) is 0. The van der Waals surface area contributed by atoms with E-state index in [1.807, 2.05) is 6.07 Å². The van der Waals surface area contributed by atoms with Gasteiger partial charge in [-0.25, -0.2) is 4.79 Å². The Balaban J connectivity index is 2.13. The molecule has 0 amide bonds. The first-order valence-corrected chi connectivity index (χ1v) is 5.89. The predicted octanol–water partition coefficient (Wildman–Crippen LogP) is 2.96. The summed E-state index contributed by atoms with van der Waals surface area (Å²) in [5, 5.41) is 22.6. The van der Waals surface area contributed by atoms with Crippen LogP contribution >= 0.6 is 11.3 Å². The van der Waals surface area contributed by atoms with E-state index in [4.69, 9.17) is 9.63 Å². The normalized spacial score (nSPS) is 10.9. The van der Waals surface area contributed by atoms with Gasteiger partial charge in [0.2, 0.25) is 0 Å². The number of rotatable bonds is 2. The SMILES string of the molecule is O=C(O)c1cc(-c2cc3c(O)cccc3s2)on1. The zero-order valence-electron chi connectivity index (χ0n) is 8.95. The molecule has 0 aliphatic heterocycles. The van der Waals surface area contributed by atoms with Crippen LogP contribution in [0.25, 0.3) is 20.7 Å². The first-order valence-electron chi connectivity index (χ1n) is 5.07. The van der Waals surface area contributed by atoms with Gasteiger partial charge in [0, 0.05) is 16.2 Å². The minimum atomic E-state index is -1.13. The Hall–Kier alpha value is -2.34. The summed E-state index contributed by atoms with van der Waals surface area (Å²) in [6, 6.07) is 8.34. The summed E-state index contributed by atoms with van der Waals surface area (Å²) >= 11 is 1.40. The van der Waals surface area contributed by atoms with Gasteiger partial charge in [-0.3, -0.25) is 0 Å². The average Bonchev–Trinajstić information content (AvgIpc) is 2.95. The van der Waals surface area contributed by atoms with E-state index in [0.29, 0.717) is 11.1 Å². The van der Waals surface area contributed by atoms with Crippen molar-refractivity contribution >= 4 is 27.4 Å². The molecule has 0 saturated heterocycles. The van der Waals surface area contributed by atoms with Crippen LogP contribution in [0.5, 0.6) is 5.75 Å². The van der Waals surface area contributed by atoms with Crippen LogP contribution in [0.4, 0.5) is 0 Å². The zero-order chi connectivity index (χ0) is 12.7. The lowest BCUT2D eigenvalue weighted by Gasteiger charge is -1.90. The molecular weight excluding hydrogens is 254 g/mol. The number of phenolic OH excluding ortho intramolecular Hbond substituents is 1. The molecule has 0 atom stereocenters. The zero-order valence-corrected chi connectivity index (χ0v) is 9.77. The highest BCUT2D eigenvalue weighted by Crippen LogP contribution is 2.37.